The van der Waals surface area contributed by atoms with Gasteiger partial charge in [0.25, 0.3) is 0 Å². The molecule has 2 aromatic rings. The summed E-state index contributed by atoms with van der Waals surface area (Å²) < 4.78 is 11.2. The van der Waals surface area contributed by atoms with E-state index < -0.39 is 0 Å². The van der Waals surface area contributed by atoms with Crippen LogP contribution in [0.4, 0.5) is 0 Å². The third-order valence-electron chi connectivity index (χ3n) is 4.44. The molecule has 0 bridgehead atoms. The van der Waals surface area contributed by atoms with E-state index in [0.29, 0.717) is 24.7 Å². The van der Waals surface area contributed by atoms with Gasteiger partial charge < -0.3 is 20.1 Å². The van der Waals surface area contributed by atoms with Crippen molar-refractivity contribution in [2.75, 3.05) is 13.7 Å². The third kappa shape index (κ3) is 6.61. The molecule has 0 saturated carbocycles. The van der Waals surface area contributed by atoms with Crippen LogP contribution in [0.3, 0.4) is 0 Å². The van der Waals surface area contributed by atoms with E-state index in [0.717, 1.165) is 17.5 Å². The summed E-state index contributed by atoms with van der Waals surface area (Å²) in [6.07, 6.45) is 0.742. The zero-order valence-corrected chi connectivity index (χ0v) is 16.7. The predicted octanol–water partition coefficient (Wildman–Crippen LogP) is 3.05. The second kappa shape index (κ2) is 11.0. The van der Waals surface area contributed by atoms with Crippen molar-refractivity contribution in [2.24, 2.45) is 5.92 Å². The van der Waals surface area contributed by atoms with Crippen LogP contribution in [-0.2, 0) is 22.7 Å². The molecule has 0 fully saturated rings. The average Bonchev–Trinajstić information content (AvgIpc) is 2.74. The highest BCUT2D eigenvalue weighted by atomic mass is 16.5. The molecule has 150 valence electrons. The van der Waals surface area contributed by atoms with Crippen molar-refractivity contribution in [1.82, 2.24) is 10.6 Å². The number of hydrogen-bond acceptors (Lipinski definition) is 4. The maximum Gasteiger partial charge on any atom is 0.239 e. The van der Waals surface area contributed by atoms with E-state index in [4.69, 9.17) is 9.47 Å². The Morgan fingerprint density at radius 1 is 1.00 bits per heavy atom. The zero-order chi connectivity index (χ0) is 20.4. The van der Waals surface area contributed by atoms with E-state index in [1.165, 1.54) is 0 Å². The van der Waals surface area contributed by atoms with E-state index in [9.17, 15) is 9.59 Å². The Hall–Kier alpha value is -3.02. The maximum atomic E-state index is 11.9. The highest BCUT2D eigenvalue weighted by Crippen LogP contribution is 2.28. The monoisotopic (exact) mass is 384 g/mol. The number of rotatable bonds is 10. The lowest BCUT2D eigenvalue weighted by atomic mass is 10.1. The Balaban J connectivity index is 1.85. The Kier molecular flexibility index (Phi) is 8.34. The number of carbonyl (C=O) groups excluding carboxylic acids is 2. The average molecular weight is 384 g/mol. The Morgan fingerprint density at radius 3 is 2.43 bits per heavy atom. The molecule has 2 aromatic carbocycles. The third-order valence-corrected chi connectivity index (χ3v) is 4.44. The van der Waals surface area contributed by atoms with Crippen LogP contribution in [-0.4, -0.2) is 25.5 Å². The van der Waals surface area contributed by atoms with Crippen LogP contribution < -0.4 is 20.1 Å². The van der Waals surface area contributed by atoms with Crippen molar-refractivity contribution >= 4 is 11.8 Å². The molecular formula is C22H28N2O4. The SMILES string of the molecule is CCC(C)C(=O)NCC(=O)NCc1ccc(OCc2ccccc2)c(OC)c1. The van der Waals surface area contributed by atoms with Gasteiger partial charge in [-0.05, 0) is 29.7 Å². The van der Waals surface area contributed by atoms with Crippen LogP contribution in [0.2, 0.25) is 0 Å². The molecule has 6 heteroatoms. The Bertz CT molecular complexity index is 777. The van der Waals surface area contributed by atoms with Crippen LogP contribution >= 0.6 is 0 Å². The first-order valence-corrected chi connectivity index (χ1v) is 9.41. The van der Waals surface area contributed by atoms with E-state index >= 15 is 0 Å². The lowest BCUT2D eigenvalue weighted by molar-refractivity contribution is -0.128. The normalized spacial score (nSPS) is 11.4. The van der Waals surface area contributed by atoms with Gasteiger partial charge in [-0.2, -0.15) is 0 Å². The molecule has 6 nitrogen and oxygen atoms in total. The largest absolute Gasteiger partial charge is 0.493 e. The number of methoxy groups -OCH3 is 1. The molecule has 0 aliphatic heterocycles. The van der Waals surface area contributed by atoms with Gasteiger partial charge in [-0.15, -0.1) is 0 Å². The smallest absolute Gasteiger partial charge is 0.239 e. The number of hydrogen-bond donors (Lipinski definition) is 2. The second-order valence-electron chi connectivity index (χ2n) is 6.56. The molecule has 0 aliphatic rings. The maximum absolute atomic E-state index is 11.9. The van der Waals surface area contributed by atoms with Crippen LogP contribution in [0.25, 0.3) is 0 Å². The molecule has 1 atom stereocenters. The molecule has 2 N–H and O–H groups in total. The van der Waals surface area contributed by atoms with Crippen LogP contribution in [0.15, 0.2) is 48.5 Å². The molecule has 28 heavy (non-hydrogen) atoms. The van der Waals surface area contributed by atoms with Gasteiger partial charge in [-0.25, -0.2) is 0 Å². The topological polar surface area (TPSA) is 76.7 Å². The molecule has 2 rings (SSSR count). The number of amides is 2. The van der Waals surface area contributed by atoms with Gasteiger partial charge in [0.2, 0.25) is 11.8 Å². The van der Waals surface area contributed by atoms with Crippen LogP contribution in [0.1, 0.15) is 31.4 Å². The first-order valence-electron chi connectivity index (χ1n) is 9.41. The van der Waals surface area contributed by atoms with Gasteiger partial charge in [0.1, 0.15) is 6.61 Å². The molecule has 0 heterocycles. The van der Waals surface area contributed by atoms with Gasteiger partial charge in [0, 0.05) is 12.5 Å². The number of carbonyl (C=O) groups is 2. The fourth-order valence-electron chi connectivity index (χ4n) is 2.47. The van der Waals surface area contributed by atoms with Gasteiger partial charge in [-0.1, -0.05) is 50.2 Å². The van der Waals surface area contributed by atoms with Crippen molar-refractivity contribution in [3.8, 4) is 11.5 Å². The lowest BCUT2D eigenvalue weighted by Gasteiger charge is -2.13. The summed E-state index contributed by atoms with van der Waals surface area (Å²) in [6, 6.07) is 15.4. The standard InChI is InChI=1S/C22H28N2O4/c1-4-16(2)22(26)24-14-21(25)23-13-18-10-11-19(20(12-18)27-3)28-15-17-8-6-5-7-9-17/h5-12,16H,4,13-15H2,1-3H3,(H,23,25)(H,24,26). The zero-order valence-electron chi connectivity index (χ0n) is 16.7. The van der Waals surface area contributed by atoms with Crippen molar-refractivity contribution in [2.45, 2.75) is 33.4 Å². The van der Waals surface area contributed by atoms with Gasteiger partial charge in [-0.3, -0.25) is 9.59 Å². The van der Waals surface area contributed by atoms with Crippen LogP contribution in [0, 0.1) is 5.92 Å². The van der Waals surface area contributed by atoms with Crippen molar-refractivity contribution in [3.63, 3.8) is 0 Å². The number of benzene rings is 2. The van der Waals surface area contributed by atoms with Gasteiger partial charge in [0.15, 0.2) is 11.5 Å². The molecular weight excluding hydrogens is 356 g/mol. The first kappa shape index (κ1) is 21.3. The van der Waals surface area contributed by atoms with E-state index in [2.05, 4.69) is 10.6 Å². The van der Waals surface area contributed by atoms with Crippen LogP contribution in [0.5, 0.6) is 11.5 Å². The number of nitrogens with one attached hydrogen (secondary N) is 2. The second-order valence-corrected chi connectivity index (χ2v) is 6.56. The molecule has 0 aliphatic carbocycles. The molecule has 1 unspecified atom stereocenters. The quantitative estimate of drug-likeness (QED) is 0.660. The molecule has 0 radical (unpaired) electrons. The van der Waals surface area contributed by atoms with E-state index in [1.54, 1.807) is 7.11 Å². The summed E-state index contributed by atoms with van der Waals surface area (Å²) in [6.45, 7) is 4.53. The Labute approximate surface area is 166 Å². The number of ether oxygens (including phenoxy) is 2. The highest BCUT2D eigenvalue weighted by Gasteiger charge is 2.12. The molecule has 0 aromatic heterocycles. The first-order chi connectivity index (χ1) is 13.5. The minimum atomic E-state index is -0.236. The summed E-state index contributed by atoms with van der Waals surface area (Å²) in [5.41, 5.74) is 1.95. The molecule has 0 saturated heterocycles. The molecule has 2 amide bonds. The highest BCUT2D eigenvalue weighted by molar-refractivity contribution is 5.85. The summed E-state index contributed by atoms with van der Waals surface area (Å²) >= 11 is 0. The minimum absolute atomic E-state index is 0.0292. The fraction of sp³-hybridized carbons (Fsp3) is 0.364. The summed E-state index contributed by atoms with van der Waals surface area (Å²) in [4.78, 5) is 23.6. The minimum Gasteiger partial charge on any atom is -0.493 e. The summed E-state index contributed by atoms with van der Waals surface area (Å²) in [5.74, 6) is 0.801. The van der Waals surface area contributed by atoms with Crippen molar-refractivity contribution in [3.05, 3.63) is 59.7 Å². The van der Waals surface area contributed by atoms with Gasteiger partial charge >= 0.3 is 0 Å². The van der Waals surface area contributed by atoms with Gasteiger partial charge in [0.05, 0.1) is 13.7 Å². The van der Waals surface area contributed by atoms with E-state index in [-0.39, 0.29) is 24.3 Å². The van der Waals surface area contributed by atoms with Crippen molar-refractivity contribution in [1.29, 1.82) is 0 Å². The molecule has 0 spiro atoms. The summed E-state index contributed by atoms with van der Waals surface area (Å²) in [7, 11) is 1.58. The summed E-state index contributed by atoms with van der Waals surface area (Å²) in [5, 5.41) is 5.43. The van der Waals surface area contributed by atoms with Crippen molar-refractivity contribution < 1.29 is 19.1 Å². The van der Waals surface area contributed by atoms with E-state index in [1.807, 2.05) is 62.4 Å². The predicted molar refractivity (Wildman–Crippen MR) is 108 cm³/mol. The lowest BCUT2D eigenvalue weighted by Crippen LogP contribution is -2.38. The Morgan fingerprint density at radius 2 is 1.75 bits per heavy atom. The fourth-order valence-corrected chi connectivity index (χ4v) is 2.47.